The first-order chi connectivity index (χ1) is 13.2. The molecule has 2 aromatic rings. The predicted molar refractivity (Wildman–Crippen MR) is 114 cm³/mol. The Morgan fingerprint density at radius 1 is 1.33 bits per heavy atom. The first kappa shape index (κ1) is 19.7. The van der Waals surface area contributed by atoms with Crippen LogP contribution in [0.5, 0.6) is 0 Å². The summed E-state index contributed by atoms with van der Waals surface area (Å²) in [6.45, 7) is 8.89. The Kier molecular flexibility index (Phi) is 7.16. The maximum Gasteiger partial charge on any atom is 0.193 e. The highest BCUT2D eigenvalue weighted by Gasteiger charge is 2.15. The van der Waals surface area contributed by atoms with Crippen LogP contribution in [0.3, 0.4) is 0 Å². The second kappa shape index (κ2) is 9.79. The summed E-state index contributed by atoms with van der Waals surface area (Å²) in [6, 6.07) is 6.42. The first-order valence-electron chi connectivity index (χ1n) is 10.3. The monoisotopic (exact) mass is 370 g/mol. The highest BCUT2D eigenvalue weighted by atomic mass is 16.5. The van der Waals surface area contributed by atoms with Crippen LogP contribution in [0.15, 0.2) is 29.4 Å². The van der Waals surface area contributed by atoms with Crippen molar-refractivity contribution in [1.82, 2.24) is 15.2 Å². The van der Waals surface area contributed by atoms with E-state index in [9.17, 15) is 0 Å². The number of aromatic amines is 1. The van der Waals surface area contributed by atoms with E-state index in [1.54, 1.807) is 0 Å². The van der Waals surface area contributed by atoms with Crippen LogP contribution < -0.4 is 5.32 Å². The van der Waals surface area contributed by atoms with E-state index in [4.69, 9.17) is 9.73 Å². The maximum absolute atomic E-state index is 5.47. The highest BCUT2D eigenvalue weighted by molar-refractivity contribution is 5.86. The molecular formula is C22H34N4O. The summed E-state index contributed by atoms with van der Waals surface area (Å²) in [5, 5.41) is 4.79. The van der Waals surface area contributed by atoms with Crippen LogP contribution in [-0.4, -0.2) is 55.7 Å². The number of nitrogens with zero attached hydrogens (tertiary/aromatic N) is 2. The van der Waals surface area contributed by atoms with Crippen LogP contribution in [0, 0.1) is 12.8 Å². The van der Waals surface area contributed by atoms with Crippen LogP contribution in [-0.2, 0) is 11.2 Å². The van der Waals surface area contributed by atoms with E-state index in [0.717, 1.165) is 51.1 Å². The molecule has 5 heteroatoms. The lowest BCUT2D eigenvalue weighted by Crippen LogP contribution is -2.40. The Balaban J connectivity index is 1.57. The number of nitrogens with one attached hydrogen (secondary N) is 2. The molecule has 0 atom stereocenters. The summed E-state index contributed by atoms with van der Waals surface area (Å²) in [5.74, 6) is 1.80. The third-order valence-corrected chi connectivity index (χ3v) is 5.55. The average molecular weight is 371 g/mol. The summed E-state index contributed by atoms with van der Waals surface area (Å²) < 4.78 is 5.47. The van der Waals surface area contributed by atoms with Crippen molar-refractivity contribution in [2.24, 2.45) is 10.9 Å². The first-order valence-corrected chi connectivity index (χ1v) is 10.3. The van der Waals surface area contributed by atoms with Gasteiger partial charge in [-0.15, -0.1) is 0 Å². The molecule has 1 aromatic heterocycles. The van der Waals surface area contributed by atoms with Gasteiger partial charge in [-0.1, -0.05) is 12.1 Å². The topological polar surface area (TPSA) is 52.7 Å². The zero-order valence-electron chi connectivity index (χ0n) is 17.1. The number of H-pyrrole nitrogens is 1. The van der Waals surface area contributed by atoms with E-state index in [2.05, 4.69) is 60.5 Å². The Morgan fingerprint density at radius 3 is 2.93 bits per heavy atom. The molecule has 1 aliphatic heterocycles. The highest BCUT2D eigenvalue weighted by Crippen LogP contribution is 2.22. The van der Waals surface area contributed by atoms with Crippen molar-refractivity contribution < 1.29 is 4.74 Å². The SMILES string of the molecule is CCNC(=NCCc1c[nH]c2cccc(C)c12)N(C)CCC1CCOCC1. The molecule has 1 aromatic carbocycles. The second-order valence-corrected chi connectivity index (χ2v) is 7.56. The summed E-state index contributed by atoms with van der Waals surface area (Å²) in [5.41, 5.74) is 3.90. The molecule has 0 spiro atoms. The van der Waals surface area contributed by atoms with Gasteiger partial charge in [-0.05, 0) is 62.6 Å². The van der Waals surface area contributed by atoms with Crippen molar-refractivity contribution >= 4 is 16.9 Å². The smallest absolute Gasteiger partial charge is 0.193 e. The summed E-state index contributed by atoms with van der Waals surface area (Å²) >= 11 is 0. The standard InChI is InChI=1S/C22H34N4O/c1-4-23-22(26(3)13-9-18-10-14-27-15-11-18)24-12-8-19-16-25-20-7-5-6-17(2)21(19)20/h5-7,16,18,25H,4,8-15H2,1-3H3,(H,23,24). The van der Waals surface area contributed by atoms with Gasteiger partial charge < -0.3 is 19.9 Å². The zero-order valence-corrected chi connectivity index (χ0v) is 17.1. The molecule has 1 aliphatic rings. The van der Waals surface area contributed by atoms with Crippen molar-refractivity contribution in [2.45, 2.75) is 39.5 Å². The number of aromatic nitrogens is 1. The van der Waals surface area contributed by atoms with E-state index < -0.39 is 0 Å². The molecule has 3 rings (SSSR count). The number of fused-ring (bicyclic) bond motifs is 1. The van der Waals surface area contributed by atoms with E-state index in [1.807, 2.05) is 0 Å². The molecular weight excluding hydrogens is 336 g/mol. The van der Waals surface area contributed by atoms with E-state index in [0.29, 0.717) is 0 Å². The van der Waals surface area contributed by atoms with Gasteiger partial charge in [-0.2, -0.15) is 0 Å². The van der Waals surface area contributed by atoms with Crippen LogP contribution in [0.1, 0.15) is 37.3 Å². The van der Waals surface area contributed by atoms with Crippen LogP contribution in [0.4, 0.5) is 0 Å². The van der Waals surface area contributed by atoms with Gasteiger partial charge in [0.05, 0.1) is 0 Å². The third kappa shape index (κ3) is 5.25. The van der Waals surface area contributed by atoms with Crippen molar-refractivity contribution in [2.75, 3.05) is 39.9 Å². The second-order valence-electron chi connectivity index (χ2n) is 7.56. The molecule has 0 aliphatic carbocycles. The van der Waals surface area contributed by atoms with Gasteiger partial charge in [0.2, 0.25) is 0 Å². The molecule has 0 radical (unpaired) electrons. The molecule has 5 nitrogen and oxygen atoms in total. The van der Waals surface area contributed by atoms with Gasteiger partial charge in [0.15, 0.2) is 5.96 Å². The zero-order chi connectivity index (χ0) is 19.1. The fourth-order valence-corrected chi connectivity index (χ4v) is 3.92. The number of aryl methyl sites for hydroxylation is 1. The van der Waals surface area contributed by atoms with E-state index in [-0.39, 0.29) is 0 Å². The lowest BCUT2D eigenvalue weighted by molar-refractivity contribution is 0.0625. The van der Waals surface area contributed by atoms with Gasteiger partial charge in [0, 0.05) is 57.0 Å². The Labute approximate surface area is 163 Å². The molecule has 148 valence electrons. The molecule has 2 heterocycles. The average Bonchev–Trinajstić information content (AvgIpc) is 3.11. The van der Waals surface area contributed by atoms with Crippen molar-refractivity contribution in [3.8, 4) is 0 Å². The van der Waals surface area contributed by atoms with Crippen molar-refractivity contribution in [3.05, 3.63) is 35.5 Å². The Morgan fingerprint density at radius 2 is 2.15 bits per heavy atom. The molecule has 1 saturated heterocycles. The van der Waals surface area contributed by atoms with E-state index in [1.165, 1.54) is 41.3 Å². The number of benzene rings is 1. The van der Waals surface area contributed by atoms with Crippen LogP contribution in [0.25, 0.3) is 10.9 Å². The Bertz CT molecular complexity index is 746. The molecule has 0 bridgehead atoms. The number of hydrogen-bond donors (Lipinski definition) is 2. The minimum Gasteiger partial charge on any atom is -0.381 e. The van der Waals surface area contributed by atoms with Crippen LogP contribution in [0.2, 0.25) is 0 Å². The normalized spacial score (nSPS) is 16.0. The fraction of sp³-hybridized carbons (Fsp3) is 0.591. The molecule has 0 saturated carbocycles. The predicted octanol–water partition coefficient (Wildman–Crippen LogP) is 3.73. The molecule has 27 heavy (non-hydrogen) atoms. The number of guanidine groups is 1. The minimum atomic E-state index is 0.790. The Hall–Kier alpha value is -2.01. The molecule has 1 fully saturated rings. The lowest BCUT2D eigenvalue weighted by atomic mass is 9.96. The molecule has 0 amide bonds. The van der Waals surface area contributed by atoms with Crippen molar-refractivity contribution in [1.29, 1.82) is 0 Å². The molecule has 2 N–H and O–H groups in total. The summed E-state index contributed by atoms with van der Waals surface area (Å²) in [6.07, 6.45) is 6.69. The molecule has 0 unspecified atom stereocenters. The van der Waals surface area contributed by atoms with E-state index >= 15 is 0 Å². The van der Waals surface area contributed by atoms with Crippen molar-refractivity contribution in [3.63, 3.8) is 0 Å². The summed E-state index contributed by atoms with van der Waals surface area (Å²) in [4.78, 5) is 10.5. The minimum absolute atomic E-state index is 0.790. The van der Waals surface area contributed by atoms with Gasteiger partial charge in [-0.3, -0.25) is 4.99 Å². The van der Waals surface area contributed by atoms with Gasteiger partial charge >= 0.3 is 0 Å². The number of aliphatic imine (C=N–C) groups is 1. The van der Waals surface area contributed by atoms with Gasteiger partial charge in [-0.25, -0.2) is 0 Å². The third-order valence-electron chi connectivity index (χ3n) is 5.55. The maximum atomic E-state index is 5.47. The summed E-state index contributed by atoms with van der Waals surface area (Å²) in [7, 11) is 2.15. The lowest BCUT2D eigenvalue weighted by Gasteiger charge is -2.26. The van der Waals surface area contributed by atoms with Gasteiger partial charge in [0.25, 0.3) is 0 Å². The fourth-order valence-electron chi connectivity index (χ4n) is 3.92. The number of rotatable bonds is 7. The largest absolute Gasteiger partial charge is 0.381 e. The number of ether oxygens (including phenoxy) is 1. The number of hydrogen-bond acceptors (Lipinski definition) is 2. The quantitative estimate of drug-likeness (QED) is 0.577. The van der Waals surface area contributed by atoms with Gasteiger partial charge in [0.1, 0.15) is 0 Å². The van der Waals surface area contributed by atoms with Crippen LogP contribution >= 0.6 is 0 Å².